The summed E-state index contributed by atoms with van der Waals surface area (Å²) in [6.45, 7) is -0.295. The monoisotopic (exact) mass is 371 g/mol. The third-order valence-electron chi connectivity index (χ3n) is 3.76. The number of nitrogens with zero attached hydrogens (tertiary/aromatic N) is 1. The maximum atomic E-state index is 12.8. The molecule has 2 rings (SSSR count). The molecular weight excluding hydrogens is 350 g/mol. The first-order valence-corrected chi connectivity index (χ1v) is 8.17. The lowest BCUT2D eigenvalue weighted by Crippen LogP contribution is -2.37. The summed E-state index contributed by atoms with van der Waals surface area (Å²) in [5.41, 5.74) is 11.2. The molecule has 0 atom stereocenters. The summed E-state index contributed by atoms with van der Waals surface area (Å²) in [5, 5.41) is 0. The summed E-state index contributed by atoms with van der Waals surface area (Å²) in [7, 11) is 1.48. The predicted molar refractivity (Wildman–Crippen MR) is 99.6 cm³/mol. The quantitative estimate of drug-likeness (QED) is 0.682. The zero-order valence-corrected chi connectivity index (χ0v) is 14.9. The molecule has 8 nitrogen and oxygen atoms in total. The van der Waals surface area contributed by atoms with Crippen LogP contribution in [0.5, 0.6) is 11.5 Å². The van der Waals surface area contributed by atoms with Crippen molar-refractivity contribution >= 4 is 23.4 Å². The van der Waals surface area contributed by atoms with Gasteiger partial charge in [-0.2, -0.15) is 0 Å². The maximum absolute atomic E-state index is 12.8. The first-order chi connectivity index (χ1) is 12.9. The first kappa shape index (κ1) is 19.8. The van der Waals surface area contributed by atoms with Crippen LogP contribution in [0.1, 0.15) is 16.8 Å². The van der Waals surface area contributed by atoms with E-state index in [0.29, 0.717) is 11.4 Å². The molecule has 2 aromatic carbocycles. The van der Waals surface area contributed by atoms with E-state index in [1.807, 2.05) is 0 Å². The summed E-state index contributed by atoms with van der Waals surface area (Å²) in [5.74, 6) is -0.961. The fourth-order valence-corrected chi connectivity index (χ4v) is 2.47. The molecule has 0 aliphatic rings. The van der Waals surface area contributed by atoms with Crippen molar-refractivity contribution < 1.29 is 23.9 Å². The van der Waals surface area contributed by atoms with E-state index in [0.717, 1.165) is 0 Å². The second-order valence-electron chi connectivity index (χ2n) is 5.58. The Hall–Kier alpha value is -3.55. The van der Waals surface area contributed by atoms with Crippen molar-refractivity contribution in [2.45, 2.75) is 6.42 Å². The third kappa shape index (κ3) is 5.21. The van der Waals surface area contributed by atoms with Crippen molar-refractivity contribution in [2.75, 3.05) is 25.2 Å². The average molecular weight is 371 g/mol. The fraction of sp³-hybridized carbons (Fsp3) is 0.211. The molecule has 8 heteroatoms. The minimum Gasteiger partial charge on any atom is -0.495 e. The highest BCUT2D eigenvalue weighted by Gasteiger charge is 2.21. The van der Waals surface area contributed by atoms with Crippen LogP contribution < -0.4 is 25.8 Å². The number of rotatable bonds is 9. The van der Waals surface area contributed by atoms with Gasteiger partial charge in [0.15, 0.2) is 6.61 Å². The molecule has 3 amide bonds. The Morgan fingerprint density at radius 1 is 0.963 bits per heavy atom. The number of primary amides is 2. The number of carbonyl (C=O) groups excluding carboxylic acids is 3. The predicted octanol–water partition coefficient (Wildman–Crippen LogP) is 1.08. The average Bonchev–Trinajstić information content (AvgIpc) is 2.66. The molecule has 0 unspecified atom stereocenters. The topological polar surface area (TPSA) is 125 Å². The number of hydrogen-bond acceptors (Lipinski definition) is 5. The standard InChI is InChI=1S/C19H21N3O5/c1-26-16-9-5-3-7-14(16)22(11-10-17(20)23)18(24)12-27-15-8-4-2-6-13(15)19(21)25/h2-9H,10-12H2,1H3,(H2,20,23)(H2,21,25). The Labute approximate surface area is 156 Å². The number of anilines is 1. The van der Waals surface area contributed by atoms with Crippen LogP contribution in [0.3, 0.4) is 0 Å². The second kappa shape index (κ2) is 9.23. The van der Waals surface area contributed by atoms with Crippen LogP contribution in [-0.2, 0) is 9.59 Å². The molecule has 0 aliphatic heterocycles. The lowest BCUT2D eigenvalue weighted by molar-refractivity contribution is -0.120. The zero-order chi connectivity index (χ0) is 19.8. The smallest absolute Gasteiger partial charge is 0.265 e. The number of benzene rings is 2. The van der Waals surface area contributed by atoms with Crippen molar-refractivity contribution in [3.63, 3.8) is 0 Å². The van der Waals surface area contributed by atoms with Gasteiger partial charge in [-0.15, -0.1) is 0 Å². The highest BCUT2D eigenvalue weighted by atomic mass is 16.5. The molecular formula is C19H21N3O5. The molecule has 142 valence electrons. The van der Waals surface area contributed by atoms with E-state index < -0.39 is 17.7 Å². The number of methoxy groups -OCH3 is 1. The van der Waals surface area contributed by atoms with Crippen molar-refractivity contribution in [1.82, 2.24) is 0 Å². The minimum absolute atomic E-state index is 0.0261. The summed E-state index contributed by atoms with van der Waals surface area (Å²) in [4.78, 5) is 36.8. The summed E-state index contributed by atoms with van der Waals surface area (Å²) in [6, 6.07) is 13.3. The van der Waals surface area contributed by atoms with Crippen molar-refractivity contribution in [3.05, 3.63) is 54.1 Å². The lowest BCUT2D eigenvalue weighted by atomic mass is 10.2. The normalized spacial score (nSPS) is 10.1. The van der Waals surface area contributed by atoms with E-state index >= 15 is 0 Å². The Kier molecular flexibility index (Phi) is 6.76. The van der Waals surface area contributed by atoms with Gasteiger partial charge < -0.3 is 25.8 Å². The molecule has 0 spiro atoms. The summed E-state index contributed by atoms with van der Waals surface area (Å²) < 4.78 is 10.8. The Morgan fingerprint density at radius 2 is 1.59 bits per heavy atom. The molecule has 0 radical (unpaired) electrons. The van der Waals surface area contributed by atoms with Gasteiger partial charge in [0.05, 0.1) is 18.4 Å². The van der Waals surface area contributed by atoms with Gasteiger partial charge in [-0.05, 0) is 24.3 Å². The van der Waals surface area contributed by atoms with Crippen LogP contribution in [0.15, 0.2) is 48.5 Å². The Balaban J connectivity index is 2.21. The molecule has 0 heterocycles. The fourth-order valence-electron chi connectivity index (χ4n) is 2.47. The van der Waals surface area contributed by atoms with E-state index in [4.69, 9.17) is 20.9 Å². The van der Waals surface area contributed by atoms with E-state index in [1.54, 1.807) is 42.5 Å². The van der Waals surface area contributed by atoms with Crippen molar-refractivity contribution in [3.8, 4) is 11.5 Å². The van der Waals surface area contributed by atoms with Crippen molar-refractivity contribution in [1.29, 1.82) is 0 Å². The van der Waals surface area contributed by atoms with E-state index in [2.05, 4.69) is 0 Å². The number of hydrogen-bond donors (Lipinski definition) is 2. The third-order valence-corrected chi connectivity index (χ3v) is 3.76. The number of ether oxygens (including phenoxy) is 2. The largest absolute Gasteiger partial charge is 0.495 e. The van der Waals surface area contributed by atoms with Crippen LogP contribution in [0, 0.1) is 0 Å². The molecule has 0 aromatic heterocycles. The lowest BCUT2D eigenvalue weighted by Gasteiger charge is -2.24. The SMILES string of the molecule is COc1ccccc1N(CCC(N)=O)C(=O)COc1ccccc1C(N)=O. The maximum Gasteiger partial charge on any atom is 0.265 e. The highest BCUT2D eigenvalue weighted by Crippen LogP contribution is 2.28. The van der Waals surface area contributed by atoms with E-state index in [9.17, 15) is 14.4 Å². The summed E-state index contributed by atoms with van der Waals surface area (Å²) >= 11 is 0. The van der Waals surface area contributed by atoms with Gasteiger partial charge in [-0.1, -0.05) is 24.3 Å². The van der Waals surface area contributed by atoms with Crippen LogP contribution in [0.4, 0.5) is 5.69 Å². The van der Waals surface area contributed by atoms with Gasteiger partial charge in [0.2, 0.25) is 5.91 Å². The van der Waals surface area contributed by atoms with Gasteiger partial charge in [0.25, 0.3) is 11.8 Å². The molecule has 0 aliphatic carbocycles. The van der Waals surface area contributed by atoms with Gasteiger partial charge in [-0.25, -0.2) is 0 Å². The van der Waals surface area contributed by atoms with Gasteiger partial charge in [0.1, 0.15) is 11.5 Å². The molecule has 4 N–H and O–H groups in total. The second-order valence-corrected chi connectivity index (χ2v) is 5.58. The minimum atomic E-state index is -0.659. The first-order valence-electron chi connectivity index (χ1n) is 8.17. The van der Waals surface area contributed by atoms with Crippen molar-refractivity contribution in [2.24, 2.45) is 11.5 Å². The molecule has 0 fully saturated rings. The van der Waals surface area contributed by atoms with Gasteiger partial charge >= 0.3 is 0 Å². The van der Waals surface area contributed by atoms with Crippen LogP contribution in [0.25, 0.3) is 0 Å². The number of para-hydroxylation sites is 3. The molecule has 0 saturated heterocycles. The number of carbonyl (C=O) groups is 3. The van der Waals surface area contributed by atoms with E-state index in [-0.39, 0.29) is 30.9 Å². The van der Waals surface area contributed by atoms with Crippen LogP contribution in [-0.4, -0.2) is 38.0 Å². The number of nitrogens with two attached hydrogens (primary N) is 2. The zero-order valence-electron chi connectivity index (χ0n) is 14.9. The Morgan fingerprint density at radius 3 is 2.22 bits per heavy atom. The van der Waals surface area contributed by atoms with Gasteiger partial charge in [-0.3, -0.25) is 14.4 Å². The molecule has 0 bridgehead atoms. The molecule has 2 aromatic rings. The molecule has 0 saturated carbocycles. The van der Waals surface area contributed by atoms with Crippen LogP contribution >= 0.6 is 0 Å². The van der Waals surface area contributed by atoms with E-state index in [1.165, 1.54) is 18.1 Å². The summed E-state index contributed by atoms with van der Waals surface area (Å²) in [6.07, 6.45) is -0.0261. The van der Waals surface area contributed by atoms with Crippen LogP contribution in [0.2, 0.25) is 0 Å². The van der Waals surface area contributed by atoms with Gasteiger partial charge in [0, 0.05) is 13.0 Å². The number of amides is 3. The Bertz CT molecular complexity index is 838. The highest BCUT2D eigenvalue weighted by molar-refractivity contribution is 5.97. The molecule has 27 heavy (non-hydrogen) atoms.